The first kappa shape index (κ1) is 13.6. The number of aromatic nitrogens is 2. The van der Waals surface area contributed by atoms with Crippen LogP contribution in [0.25, 0.3) is 0 Å². The molecule has 0 atom stereocenters. The number of rotatable bonds is 4. The van der Waals surface area contributed by atoms with Crippen molar-refractivity contribution in [3.63, 3.8) is 0 Å². The van der Waals surface area contributed by atoms with Crippen LogP contribution in [-0.2, 0) is 24.7 Å². The molecular formula is C13H19ClN2O2. The zero-order valence-corrected chi connectivity index (χ0v) is 11.6. The Hall–Kier alpha value is -0.870. The molecule has 1 aliphatic rings. The van der Waals surface area contributed by atoms with Gasteiger partial charge in [0.15, 0.2) is 5.78 Å². The summed E-state index contributed by atoms with van der Waals surface area (Å²) < 4.78 is 1.65. The molecule has 0 aliphatic heterocycles. The number of hydrogen-bond acceptors (Lipinski definition) is 3. The fraction of sp³-hybridized carbons (Fsp3) is 0.692. The average molecular weight is 271 g/mol. The number of ketones is 1. The maximum Gasteiger partial charge on any atom is 0.170 e. The summed E-state index contributed by atoms with van der Waals surface area (Å²) in [5.74, 6) is -0.132. The third-order valence-corrected chi connectivity index (χ3v) is 4.22. The molecule has 2 rings (SSSR count). The Kier molecular flexibility index (Phi) is 3.78. The number of carbonyl (C=O) groups excluding carboxylic acids is 1. The fourth-order valence-corrected chi connectivity index (χ4v) is 2.93. The molecule has 1 aromatic rings. The van der Waals surface area contributed by atoms with Crippen molar-refractivity contribution in [1.82, 2.24) is 9.78 Å². The van der Waals surface area contributed by atoms with Gasteiger partial charge in [-0.2, -0.15) is 5.10 Å². The second kappa shape index (κ2) is 5.02. The lowest BCUT2D eigenvalue weighted by Crippen LogP contribution is -2.36. The van der Waals surface area contributed by atoms with Gasteiger partial charge >= 0.3 is 0 Å². The molecule has 1 saturated carbocycles. The average Bonchev–Trinajstić information content (AvgIpc) is 2.89. The van der Waals surface area contributed by atoms with Gasteiger partial charge in [0.2, 0.25) is 0 Å². The molecule has 1 fully saturated rings. The van der Waals surface area contributed by atoms with Gasteiger partial charge in [-0.1, -0.05) is 18.5 Å². The van der Waals surface area contributed by atoms with Crippen LogP contribution in [0.15, 0.2) is 0 Å². The van der Waals surface area contributed by atoms with Crippen LogP contribution >= 0.6 is 11.6 Å². The smallest absolute Gasteiger partial charge is 0.170 e. The number of aryl methyl sites for hydroxylation is 2. The topological polar surface area (TPSA) is 55.1 Å². The molecule has 0 bridgehead atoms. The molecular weight excluding hydrogens is 252 g/mol. The number of Topliss-reactive ketones (excluding diaryl/α,β-unsaturated/α-hetero) is 1. The third-order valence-electron chi connectivity index (χ3n) is 3.78. The van der Waals surface area contributed by atoms with Gasteiger partial charge < -0.3 is 5.11 Å². The van der Waals surface area contributed by atoms with Gasteiger partial charge in [-0.05, 0) is 32.1 Å². The van der Waals surface area contributed by atoms with Crippen LogP contribution in [0.4, 0.5) is 0 Å². The van der Waals surface area contributed by atoms with Crippen LogP contribution in [-0.4, -0.2) is 26.3 Å². The first-order chi connectivity index (χ1) is 8.48. The van der Waals surface area contributed by atoms with Crippen LogP contribution in [0, 0.1) is 0 Å². The fourth-order valence-electron chi connectivity index (χ4n) is 2.57. The Morgan fingerprint density at radius 1 is 1.50 bits per heavy atom. The van der Waals surface area contributed by atoms with E-state index < -0.39 is 5.60 Å². The second-order valence-electron chi connectivity index (χ2n) is 5.02. The zero-order chi connectivity index (χ0) is 13.3. The first-order valence-corrected chi connectivity index (χ1v) is 6.81. The molecule has 0 aromatic carbocycles. The molecule has 1 N–H and O–H groups in total. The lowest BCUT2D eigenvalue weighted by Gasteiger charge is -2.20. The van der Waals surface area contributed by atoms with E-state index >= 15 is 0 Å². The normalized spacial score (nSPS) is 18.2. The van der Waals surface area contributed by atoms with E-state index in [0.29, 0.717) is 23.6 Å². The van der Waals surface area contributed by atoms with Crippen LogP contribution < -0.4 is 0 Å². The van der Waals surface area contributed by atoms with Crippen molar-refractivity contribution in [2.45, 2.75) is 51.0 Å². The van der Waals surface area contributed by atoms with E-state index in [1.54, 1.807) is 11.7 Å². The third kappa shape index (κ3) is 2.31. The van der Waals surface area contributed by atoms with Crippen LogP contribution in [0.2, 0.25) is 5.02 Å². The van der Waals surface area contributed by atoms with Gasteiger partial charge in [-0.3, -0.25) is 9.48 Å². The van der Waals surface area contributed by atoms with Crippen LogP contribution in [0.5, 0.6) is 0 Å². The van der Waals surface area contributed by atoms with E-state index in [0.717, 1.165) is 25.0 Å². The van der Waals surface area contributed by atoms with E-state index in [1.807, 2.05) is 6.92 Å². The molecule has 1 aliphatic carbocycles. The first-order valence-electron chi connectivity index (χ1n) is 6.44. The van der Waals surface area contributed by atoms with E-state index in [1.165, 1.54) is 0 Å². The van der Waals surface area contributed by atoms with Crippen molar-refractivity contribution in [3.8, 4) is 0 Å². The molecule has 100 valence electrons. The molecule has 0 saturated heterocycles. The largest absolute Gasteiger partial charge is 0.382 e. The molecule has 0 radical (unpaired) electrons. The van der Waals surface area contributed by atoms with Gasteiger partial charge in [-0.15, -0.1) is 0 Å². The minimum absolute atomic E-state index is 0.132. The standard InChI is InChI=1S/C13H19ClN2O2/c1-3-9-12(14)10(16(2)15-9)8-11(17)13(18)6-4-5-7-13/h18H,3-8H2,1-2H3. The number of carbonyl (C=O) groups is 1. The quantitative estimate of drug-likeness (QED) is 0.911. The molecule has 1 heterocycles. The Balaban J connectivity index is 2.19. The Morgan fingerprint density at radius 2 is 2.11 bits per heavy atom. The summed E-state index contributed by atoms with van der Waals surface area (Å²) in [6.07, 6.45) is 3.89. The molecule has 0 amide bonds. The van der Waals surface area contributed by atoms with Crippen LogP contribution in [0.1, 0.15) is 44.0 Å². The van der Waals surface area contributed by atoms with Gasteiger partial charge in [0.05, 0.1) is 22.8 Å². The van der Waals surface area contributed by atoms with Gasteiger partial charge in [-0.25, -0.2) is 0 Å². The maximum atomic E-state index is 12.2. The SMILES string of the molecule is CCc1nn(C)c(CC(=O)C2(O)CCCC2)c1Cl. The highest BCUT2D eigenvalue weighted by Crippen LogP contribution is 2.32. The predicted octanol–water partition coefficient (Wildman–Crippen LogP) is 2.05. The Morgan fingerprint density at radius 3 is 2.61 bits per heavy atom. The number of aliphatic hydroxyl groups is 1. The summed E-state index contributed by atoms with van der Waals surface area (Å²) >= 11 is 6.21. The number of nitrogens with zero attached hydrogens (tertiary/aromatic N) is 2. The Bertz CT molecular complexity index is 462. The van der Waals surface area contributed by atoms with E-state index in [2.05, 4.69) is 5.10 Å². The maximum absolute atomic E-state index is 12.2. The minimum Gasteiger partial charge on any atom is -0.382 e. The van der Waals surface area contributed by atoms with E-state index in [9.17, 15) is 9.90 Å². The van der Waals surface area contributed by atoms with E-state index in [4.69, 9.17) is 11.6 Å². The van der Waals surface area contributed by atoms with Crippen molar-refractivity contribution in [3.05, 3.63) is 16.4 Å². The molecule has 0 spiro atoms. The molecule has 0 unspecified atom stereocenters. The summed E-state index contributed by atoms with van der Waals surface area (Å²) in [4.78, 5) is 12.2. The van der Waals surface area contributed by atoms with Crippen LogP contribution in [0.3, 0.4) is 0 Å². The van der Waals surface area contributed by atoms with Crippen molar-refractivity contribution >= 4 is 17.4 Å². The van der Waals surface area contributed by atoms with Crippen molar-refractivity contribution < 1.29 is 9.90 Å². The highest BCUT2D eigenvalue weighted by atomic mass is 35.5. The highest BCUT2D eigenvalue weighted by Gasteiger charge is 2.39. The molecule has 1 aromatic heterocycles. The molecule has 4 nitrogen and oxygen atoms in total. The van der Waals surface area contributed by atoms with E-state index in [-0.39, 0.29) is 12.2 Å². The predicted molar refractivity (Wildman–Crippen MR) is 69.7 cm³/mol. The highest BCUT2D eigenvalue weighted by molar-refractivity contribution is 6.32. The van der Waals surface area contributed by atoms with Gasteiger partial charge in [0.25, 0.3) is 0 Å². The molecule has 18 heavy (non-hydrogen) atoms. The summed E-state index contributed by atoms with van der Waals surface area (Å²) in [5.41, 5.74) is 0.374. The minimum atomic E-state index is -1.14. The number of hydrogen-bond donors (Lipinski definition) is 1. The van der Waals surface area contributed by atoms with Crippen molar-refractivity contribution in [1.29, 1.82) is 0 Å². The Labute approximate surface area is 112 Å². The second-order valence-corrected chi connectivity index (χ2v) is 5.40. The summed E-state index contributed by atoms with van der Waals surface area (Å²) in [6.45, 7) is 1.98. The van der Waals surface area contributed by atoms with Crippen molar-refractivity contribution in [2.24, 2.45) is 7.05 Å². The monoisotopic (exact) mass is 270 g/mol. The number of halogens is 1. The van der Waals surface area contributed by atoms with Gasteiger partial charge in [0, 0.05) is 7.05 Å². The summed E-state index contributed by atoms with van der Waals surface area (Å²) in [7, 11) is 1.78. The summed E-state index contributed by atoms with van der Waals surface area (Å²) in [6, 6.07) is 0. The molecule has 5 heteroatoms. The van der Waals surface area contributed by atoms with Gasteiger partial charge in [0.1, 0.15) is 5.60 Å². The lowest BCUT2D eigenvalue weighted by molar-refractivity contribution is -0.136. The lowest BCUT2D eigenvalue weighted by atomic mass is 9.93. The zero-order valence-electron chi connectivity index (χ0n) is 10.9. The summed E-state index contributed by atoms with van der Waals surface area (Å²) in [5, 5.41) is 15.1. The van der Waals surface area contributed by atoms with Crippen molar-refractivity contribution in [2.75, 3.05) is 0 Å².